The molecule has 1 aliphatic heterocycles. The Hall–Kier alpha value is -1.69. The number of nitrogens with one attached hydrogen (secondary N) is 2. The highest BCUT2D eigenvalue weighted by atomic mass is 79.9. The number of rotatable bonds is 1. The monoisotopic (exact) mass is 291 g/mol. The minimum absolute atomic E-state index is 0.805. The molecule has 0 spiro atoms. The van der Waals surface area contributed by atoms with E-state index in [-0.39, 0.29) is 0 Å². The first kappa shape index (κ1) is 10.5. The summed E-state index contributed by atoms with van der Waals surface area (Å²) in [6.45, 7) is 1.70. The van der Waals surface area contributed by atoms with E-state index in [0.29, 0.717) is 0 Å². The number of fused-ring (bicyclic) bond motifs is 1. The largest absolute Gasteiger partial charge is 0.354 e. The first-order valence-electron chi connectivity index (χ1n) is 5.28. The molecule has 5 nitrogen and oxygen atoms in total. The lowest BCUT2D eigenvalue weighted by atomic mass is 10.2. The molecule has 1 aliphatic rings. The number of aromatic nitrogens is 2. The van der Waals surface area contributed by atoms with Crippen molar-refractivity contribution in [3.8, 4) is 0 Å². The third-order valence-corrected chi connectivity index (χ3v) is 3.34. The Bertz CT molecular complexity index is 595. The number of hydrogen-bond acceptors (Lipinski definition) is 5. The van der Waals surface area contributed by atoms with Crippen LogP contribution in [-0.4, -0.2) is 29.0 Å². The number of aliphatic imine (C=N–C) groups is 1. The van der Waals surface area contributed by atoms with Gasteiger partial charge < -0.3 is 10.6 Å². The van der Waals surface area contributed by atoms with Crippen molar-refractivity contribution in [3.63, 3.8) is 0 Å². The first-order chi connectivity index (χ1) is 8.34. The molecule has 0 aliphatic carbocycles. The van der Waals surface area contributed by atoms with Crippen LogP contribution < -0.4 is 10.6 Å². The van der Waals surface area contributed by atoms with E-state index in [2.05, 4.69) is 41.5 Å². The highest BCUT2D eigenvalue weighted by molar-refractivity contribution is 9.10. The van der Waals surface area contributed by atoms with E-state index < -0.39 is 0 Å². The van der Waals surface area contributed by atoms with Gasteiger partial charge in [-0.2, -0.15) is 0 Å². The maximum absolute atomic E-state index is 4.29. The molecule has 0 saturated carbocycles. The average Bonchev–Trinajstić information content (AvgIpc) is 2.86. The van der Waals surface area contributed by atoms with Gasteiger partial charge in [-0.15, -0.1) is 0 Å². The summed E-state index contributed by atoms with van der Waals surface area (Å²) in [7, 11) is 0. The van der Waals surface area contributed by atoms with Crippen molar-refractivity contribution in [1.29, 1.82) is 0 Å². The van der Waals surface area contributed by atoms with Crippen LogP contribution in [0.25, 0.3) is 10.9 Å². The molecule has 0 atom stereocenters. The van der Waals surface area contributed by atoms with Gasteiger partial charge in [0.05, 0.1) is 22.2 Å². The molecular weight excluding hydrogens is 282 g/mol. The molecule has 0 radical (unpaired) electrons. The zero-order valence-electron chi connectivity index (χ0n) is 8.94. The summed E-state index contributed by atoms with van der Waals surface area (Å²) in [6.07, 6.45) is 3.34. The van der Waals surface area contributed by atoms with Crippen LogP contribution in [0.1, 0.15) is 0 Å². The summed E-state index contributed by atoms with van der Waals surface area (Å²) in [5, 5.41) is 7.40. The second-order valence-electron chi connectivity index (χ2n) is 3.67. The third kappa shape index (κ3) is 1.95. The molecule has 86 valence electrons. The minimum atomic E-state index is 0.805. The van der Waals surface area contributed by atoms with Gasteiger partial charge in [-0.1, -0.05) is 0 Å². The average molecular weight is 292 g/mol. The van der Waals surface area contributed by atoms with E-state index in [4.69, 9.17) is 0 Å². The minimum Gasteiger partial charge on any atom is -0.354 e. The molecule has 2 heterocycles. The number of anilines is 1. The summed E-state index contributed by atoms with van der Waals surface area (Å²) < 4.78 is 0.925. The third-order valence-electron chi connectivity index (χ3n) is 2.54. The van der Waals surface area contributed by atoms with E-state index in [9.17, 15) is 0 Å². The molecule has 17 heavy (non-hydrogen) atoms. The number of hydrogen-bond donors (Lipinski definition) is 2. The van der Waals surface area contributed by atoms with E-state index >= 15 is 0 Å². The van der Waals surface area contributed by atoms with Crippen molar-refractivity contribution < 1.29 is 0 Å². The molecule has 2 N–H and O–H groups in total. The van der Waals surface area contributed by atoms with E-state index in [1.807, 2.05) is 12.1 Å². The second kappa shape index (κ2) is 4.29. The molecule has 0 saturated heterocycles. The Morgan fingerprint density at radius 2 is 2.29 bits per heavy atom. The van der Waals surface area contributed by atoms with E-state index in [1.165, 1.54) is 0 Å². The zero-order valence-corrected chi connectivity index (χ0v) is 10.5. The van der Waals surface area contributed by atoms with Crippen LogP contribution in [0.5, 0.6) is 0 Å². The predicted octanol–water partition coefficient (Wildman–Crippen LogP) is 1.76. The van der Waals surface area contributed by atoms with Crippen LogP contribution >= 0.6 is 15.9 Å². The van der Waals surface area contributed by atoms with Crippen molar-refractivity contribution in [1.82, 2.24) is 15.3 Å². The van der Waals surface area contributed by atoms with Gasteiger partial charge in [0.2, 0.25) is 0 Å². The Morgan fingerprint density at radius 3 is 3.12 bits per heavy atom. The molecule has 0 unspecified atom stereocenters. The van der Waals surface area contributed by atoms with Crippen LogP contribution in [0, 0.1) is 0 Å². The topological polar surface area (TPSA) is 62.2 Å². The summed E-state index contributed by atoms with van der Waals surface area (Å²) in [5.41, 5.74) is 1.84. The summed E-state index contributed by atoms with van der Waals surface area (Å²) in [6, 6.07) is 3.97. The molecule has 1 aromatic heterocycles. The second-order valence-corrected chi connectivity index (χ2v) is 4.46. The van der Waals surface area contributed by atoms with Gasteiger partial charge in [0.15, 0.2) is 5.96 Å². The normalized spacial score (nSPS) is 14.5. The summed E-state index contributed by atoms with van der Waals surface area (Å²) in [5.74, 6) is 0.805. The van der Waals surface area contributed by atoms with Crippen molar-refractivity contribution >= 4 is 38.5 Å². The van der Waals surface area contributed by atoms with Gasteiger partial charge >= 0.3 is 0 Å². The van der Waals surface area contributed by atoms with Crippen molar-refractivity contribution in [3.05, 3.63) is 29.1 Å². The molecule has 1 aromatic carbocycles. The van der Waals surface area contributed by atoms with Gasteiger partial charge in [-0.25, -0.2) is 9.97 Å². The van der Waals surface area contributed by atoms with E-state index in [1.54, 1.807) is 12.5 Å². The Labute approximate surface area is 107 Å². The van der Waals surface area contributed by atoms with E-state index in [0.717, 1.165) is 40.1 Å². The number of guanidine groups is 1. The summed E-state index contributed by atoms with van der Waals surface area (Å²) in [4.78, 5) is 12.5. The van der Waals surface area contributed by atoms with Crippen LogP contribution in [0.4, 0.5) is 5.69 Å². The van der Waals surface area contributed by atoms with Gasteiger partial charge in [-0.05, 0) is 28.1 Å². The van der Waals surface area contributed by atoms with Crippen LogP contribution in [0.3, 0.4) is 0 Å². The van der Waals surface area contributed by atoms with Crippen LogP contribution in [0.15, 0.2) is 34.1 Å². The highest BCUT2D eigenvalue weighted by Crippen LogP contribution is 2.29. The number of benzene rings is 1. The van der Waals surface area contributed by atoms with Gasteiger partial charge in [0.1, 0.15) is 6.33 Å². The van der Waals surface area contributed by atoms with Crippen molar-refractivity contribution in [2.75, 3.05) is 18.4 Å². The highest BCUT2D eigenvalue weighted by Gasteiger charge is 2.10. The maximum atomic E-state index is 4.29. The Kier molecular flexibility index (Phi) is 2.64. The standard InChI is InChI=1S/C11H10BrN5/c12-9-8(17-11-14-3-4-15-11)2-1-7-5-13-6-16-10(7)9/h1-2,5-6H,3-4H2,(H2,14,15,17). The number of halogens is 1. The fourth-order valence-electron chi connectivity index (χ4n) is 1.73. The molecule has 0 fully saturated rings. The van der Waals surface area contributed by atoms with Crippen molar-refractivity contribution in [2.45, 2.75) is 0 Å². The number of nitrogens with zero attached hydrogens (tertiary/aromatic N) is 3. The lowest BCUT2D eigenvalue weighted by Gasteiger charge is -2.09. The zero-order chi connectivity index (χ0) is 11.7. The predicted molar refractivity (Wildman–Crippen MR) is 71.2 cm³/mol. The first-order valence-corrected chi connectivity index (χ1v) is 6.07. The fraction of sp³-hybridized carbons (Fsp3) is 0.182. The van der Waals surface area contributed by atoms with Crippen LogP contribution in [-0.2, 0) is 0 Å². The van der Waals surface area contributed by atoms with Gasteiger partial charge in [-0.3, -0.25) is 4.99 Å². The molecule has 0 amide bonds. The Balaban J connectivity index is 2.02. The summed E-state index contributed by atoms with van der Waals surface area (Å²) >= 11 is 3.55. The smallest absolute Gasteiger partial charge is 0.195 e. The maximum Gasteiger partial charge on any atom is 0.195 e. The lowest BCUT2D eigenvalue weighted by molar-refractivity contribution is 0.959. The Morgan fingerprint density at radius 1 is 1.35 bits per heavy atom. The molecule has 3 rings (SSSR count). The quantitative estimate of drug-likeness (QED) is 0.841. The van der Waals surface area contributed by atoms with Crippen LogP contribution in [0.2, 0.25) is 0 Å². The molecule has 2 aromatic rings. The molecular formula is C11H10BrN5. The molecule has 6 heteroatoms. The fourth-order valence-corrected chi connectivity index (χ4v) is 2.29. The van der Waals surface area contributed by atoms with Crippen molar-refractivity contribution in [2.24, 2.45) is 4.99 Å². The SMILES string of the molecule is Brc1c(NC2=NCCN2)ccc2cncnc12. The lowest BCUT2D eigenvalue weighted by Crippen LogP contribution is -2.26. The van der Waals surface area contributed by atoms with Gasteiger partial charge in [0, 0.05) is 18.1 Å². The molecule has 0 bridgehead atoms. The van der Waals surface area contributed by atoms with Gasteiger partial charge in [0.25, 0.3) is 0 Å².